The van der Waals surface area contributed by atoms with Crippen molar-refractivity contribution in [3.63, 3.8) is 0 Å². The van der Waals surface area contributed by atoms with Gasteiger partial charge in [0.1, 0.15) is 12.2 Å². The fourth-order valence-electron chi connectivity index (χ4n) is 4.44. The summed E-state index contributed by atoms with van der Waals surface area (Å²) in [6, 6.07) is 9.96. The van der Waals surface area contributed by atoms with Crippen molar-refractivity contribution in [3.8, 4) is 0 Å². The lowest BCUT2D eigenvalue weighted by Gasteiger charge is -2.32. The minimum atomic E-state index is -0.465. The van der Waals surface area contributed by atoms with Crippen LogP contribution in [0.3, 0.4) is 0 Å². The summed E-state index contributed by atoms with van der Waals surface area (Å²) in [5, 5.41) is 2.99. The Morgan fingerprint density at radius 1 is 0.939 bits per heavy atom. The highest BCUT2D eigenvalue weighted by Crippen LogP contribution is 2.26. The molecule has 1 N–H and O–H groups in total. The molecule has 1 aromatic carbocycles. The van der Waals surface area contributed by atoms with Crippen molar-refractivity contribution < 1.29 is 23.8 Å². The maximum atomic E-state index is 12.3. The second kappa shape index (κ2) is 12.3. The third kappa shape index (κ3) is 9.24. The standard InChI is InChI=1S/C26H40N2O5/c1-26(2,3)33-24(29)27-23-11-9-21(10-12-23)17-31-18-22-13-15-28(16-14-22)25(30)32-19-20-7-5-4-6-8-20/h4-8,21-23H,9-19H2,1-3H3,(H,27,29)/t21-,23-. The highest BCUT2D eigenvalue weighted by Gasteiger charge is 2.26. The maximum Gasteiger partial charge on any atom is 0.410 e. The number of rotatable bonds is 7. The molecular weight excluding hydrogens is 420 g/mol. The van der Waals surface area contributed by atoms with E-state index in [9.17, 15) is 9.59 Å². The zero-order chi connectivity index (χ0) is 23.7. The summed E-state index contributed by atoms with van der Waals surface area (Å²) in [6.07, 6.45) is 5.42. The van der Waals surface area contributed by atoms with E-state index in [1.54, 1.807) is 4.90 Å². The molecule has 7 nitrogen and oxygen atoms in total. The molecule has 0 atom stereocenters. The Morgan fingerprint density at radius 2 is 1.55 bits per heavy atom. The Labute approximate surface area is 198 Å². The molecule has 1 aliphatic carbocycles. The summed E-state index contributed by atoms with van der Waals surface area (Å²) in [5.41, 5.74) is 0.539. The number of nitrogens with one attached hydrogen (secondary N) is 1. The molecule has 0 aromatic heterocycles. The minimum absolute atomic E-state index is 0.196. The molecule has 1 saturated carbocycles. The number of nitrogens with zero attached hydrogens (tertiary/aromatic N) is 1. The van der Waals surface area contributed by atoms with Crippen molar-refractivity contribution in [3.05, 3.63) is 35.9 Å². The number of ether oxygens (including phenoxy) is 3. The summed E-state index contributed by atoms with van der Waals surface area (Å²) in [5.74, 6) is 1.04. The van der Waals surface area contributed by atoms with Gasteiger partial charge in [-0.1, -0.05) is 30.3 Å². The predicted molar refractivity (Wildman–Crippen MR) is 127 cm³/mol. The largest absolute Gasteiger partial charge is 0.445 e. The van der Waals surface area contributed by atoms with E-state index in [4.69, 9.17) is 14.2 Å². The average molecular weight is 461 g/mol. The van der Waals surface area contributed by atoms with E-state index >= 15 is 0 Å². The van der Waals surface area contributed by atoms with Crippen LogP contribution in [-0.2, 0) is 20.8 Å². The minimum Gasteiger partial charge on any atom is -0.445 e. The molecule has 0 radical (unpaired) electrons. The van der Waals surface area contributed by atoms with Gasteiger partial charge >= 0.3 is 12.2 Å². The molecule has 0 spiro atoms. The highest BCUT2D eigenvalue weighted by molar-refractivity contribution is 5.68. The van der Waals surface area contributed by atoms with E-state index in [2.05, 4.69) is 5.32 Å². The molecule has 1 aromatic rings. The Kier molecular flexibility index (Phi) is 9.41. The quantitative estimate of drug-likeness (QED) is 0.610. The van der Waals surface area contributed by atoms with Crippen LogP contribution in [-0.4, -0.2) is 55.0 Å². The van der Waals surface area contributed by atoms with Gasteiger partial charge in [-0.05, 0) is 76.7 Å². The number of carbonyl (C=O) groups excluding carboxylic acids is 2. The first-order valence-corrected chi connectivity index (χ1v) is 12.3. The zero-order valence-electron chi connectivity index (χ0n) is 20.4. The van der Waals surface area contributed by atoms with Crippen molar-refractivity contribution in [1.29, 1.82) is 0 Å². The Hall–Kier alpha value is -2.28. The van der Waals surface area contributed by atoms with Gasteiger partial charge in [0.25, 0.3) is 0 Å². The summed E-state index contributed by atoms with van der Waals surface area (Å²) < 4.78 is 16.8. The average Bonchev–Trinajstić information content (AvgIpc) is 2.78. The number of likely N-dealkylation sites (tertiary alicyclic amines) is 1. The first kappa shape index (κ1) is 25.3. The van der Waals surface area contributed by atoms with Crippen LogP contribution in [0.2, 0.25) is 0 Å². The lowest BCUT2D eigenvalue weighted by atomic mass is 9.86. The predicted octanol–water partition coefficient (Wildman–Crippen LogP) is 5.14. The van der Waals surface area contributed by atoms with Crippen molar-refractivity contribution in [1.82, 2.24) is 10.2 Å². The molecule has 7 heteroatoms. The topological polar surface area (TPSA) is 77.1 Å². The van der Waals surface area contributed by atoms with Crippen LogP contribution in [0.15, 0.2) is 30.3 Å². The molecular formula is C26H40N2O5. The monoisotopic (exact) mass is 460 g/mol. The fourth-order valence-corrected chi connectivity index (χ4v) is 4.44. The molecule has 1 aliphatic heterocycles. The molecule has 33 heavy (non-hydrogen) atoms. The number of amides is 2. The van der Waals surface area contributed by atoms with Crippen LogP contribution in [0, 0.1) is 11.8 Å². The number of carbonyl (C=O) groups is 2. The Balaban J connectivity index is 1.24. The zero-order valence-corrected chi connectivity index (χ0v) is 20.4. The van der Waals surface area contributed by atoms with Crippen molar-refractivity contribution in [2.24, 2.45) is 11.8 Å². The van der Waals surface area contributed by atoms with Gasteiger partial charge in [0.15, 0.2) is 0 Å². The molecule has 2 aliphatic rings. The van der Waals surface area contributed by atoms with Crippen LogP contribution >= 0.6 is 0 Å². The molecule has 3 rings (SSSR count). The van der Waals surface area contributed by atoms with Crippen LogP contribution in [0.1, 0.15) is 64.9 Å². The van der Waals surface area contributed by atoms with Gasteiger partial charge in [0.05, 0.1) is 0 Å². The smallest absolute Gasteiger partial charge is 0.410 e. The number of benzene rings is 1. The second-order valence-corrected chi connectivity index (χ2v) is 10.4. The van der Waals surface area contributed by atoms with E-state index < -0.39 is 5.60 Å². The third-order valence-electron chi connectivity index (χ3n) is 6.35. The molecule has 1 heterocycles. The van der Waals surface area contributed by atoms with E-state index in [1.807, 2.05) is 51.1 Å². The van der Waals surface area contributed by atoms with Gasteiger partial charge in [-0.3, -0.25) is 0 Å². The van der Waals surface area contributed by atoms with Gasteiger partial charge in [-0.25, -0.2) is 9.59 Å². The molecule has 184 valence electrons. The van der Waals surface area contributed by atoms with Crippen LogP contribution in [0.4, 0.5) is 9.59 Å². The number of piperidine rings is 1. The first-order valence-electron chi connectivity index (χ1n) is 12.3. The molecule has 1 saturated heterocycles. The summed E-state index contributed by atoms with van der Waals surface area (Å²) in [7, 11) is 0. The van der Waals surface area contributed by atoms with Crippen LogP contribution < -0.4 is 5.32 Å². The molecule has 0 bridgehead atoms. The van der Waals surface area contributed by atoms with E-state index in [0.717, 1.165) is 70.4 Å². The van der Waals surface area contributed by atoms with Gasteiger partial charge in [-0.15, -0.1) is 0 Å². The fraction of sp³-hybridized carbons (Fsp3) is 0.692. The lowest BCUT2D eigenvalue weighted by molar-refractivity contribution is 0.0303. The SMILES string of the molecule is CC(C)(C)OC(=O)N[C@H]1CC[C@H](COCC2CCN(C(=O)OCc3ccccc3)CC2)CC1. The number of hydrogen-bond donors (Lipinski definition) is 1. The van der Waals surface area contributed by atoms with E-state index in [1.165, 1.54) is 0 Å². The highest BCUT2D eigenvalue weighted by atomic mass is 16.6. The first-order chi connectivity index (χ1) is 15.8. The van der Waals surface area contributed by atoms with Gasteiger partial charge in [0.2, 0.25) is 0 Å². The Bertz CT molecular complexity index is 733. The molecule has 2 fully saturated rings. The third-order valence-corrected chi connectivity index (χ3v) is 6.35. The van der Waals surface area contributed by atoms with E-state index in [-0.39, 0.29) is 18.2 Å². The van der Waals surface area contributed by atoms with Gasteiger partial charge in [-0.2, -0.15) is 0 Å². The number of alkyl carbamates (subject to hydrolysis) is 1. The number of hydrogen-bond acceptors (Lipinski definition) is 5. The van der Waals surface area contributed by atoms with Crippen molar-refractivity contribution >= 4 is 12.2 Å². The summed E-state index contributed by atoms with van der Waals surface area (Å²) >= 11 is 0. The van der Waals surface area contributed by atoms with Crippen molar-refractivity contribution in [2.75, 3.05) is 26.3 Å². The maximum absolute atomic E-state index is 12.3. The van der Waals surface area contributed by atoms with Gasteiger partial charge < -0.3 is 24.4 Å². The normalized spacial score (nSPS) is 22.0. The van der Waals surface area contributed by atoms with Crippen LogP contribution in [0.25, 0.3) is 0 Å². The molecule has 0 unspecified atom stereocenters. The van der Waals surface area contributed by atoms with Crippen LogP contribution in [0.5, 0.6) is 0 Å². The Morgan fingerprint density at radius 3 is 2.15 bits per heavy atom. The van der Waals surface area contributed by atoms with Gasteiger partial charge in [0, 0.05) is 32.3 Å². The van der Waals surface area contributed by atoms with E-state index in [0.29, 0.717) is 18.4 Å². The second-order valence-electron chi connectivity index (χ2n) is 10.4. The molecule has 2 amide bonds. The summed E-state index contributed by atoms with van der Waals surface area (Å²) in [4.78, 5) is 26.0. The lowest BCUT2D eigenvalue weighted by Crippen LogP contribution is -2.41. The van der Waals surface area contributed by atoms with Crippen molar-refractivity contribution in [2.45, 2.75) is 77.5 Å². The summed E-state index contributed by atoms with van der Waals surface area (Å²) in [6.45, 7) is 8.93.